The van der Waals surface area contributed by atoms with Crippen LogP contribution in [0, 0.1) is 0 Å². The molecule has 0 bridgehead atoms. The maximum atomic E-state index is 5.72. The topological polar surface area (TPSA) is 47.7 Å². The van der Waals surface area contributed by atoms with Gasteiger partial charge in [-0.2, -0.15) is 0 Å². The summed E-state index contributed by atoms with van der Waals surface area (Å²) in [5.41, 5.74) is 5.72. The molecule has 1 fully saturated rings. The first-order chi connectivity index (χ1) is 6.17. The van der Waals surface area contributed by atoms with Crippen LogP contribution in [0.15, 0.2) is 0 Å². The molecule has 0 aliphatic carbocycles. The van der Waals surface area contributed by atoms with Gasteiger partial charge in [0.2, 0.25) is 0 Å². The van der Waals surface area contributed by atoms with Crippen molar-refractivity contribution in [1.82, 2.24) is 4.90 Å². The largest absolute Gasteiger partial charge is 0.377 e. The Morgan fingerprint density at radius 2 is 1.77 bits per heavy atom. The van der Waals surface area contributed by atoms with Crippen LogP contribution in [-0.2, 0) is 9.47 Å². The van der Waals surface area contributed by atoms with Crippen molar-refractivity contribution in [2.75, 3.05) is 33.9 Å². The number of hydrogen-bond acceptors (Lipinski definition) is 4. The fourth-order valence-corrected chi connectivity index (χ4v) is 1.83. The summed E-state index contributed by atoms with van der Waals surface area (Å²) in [6.07, 6.45) is 0.396. The van der Waals surface area contributed by atoms with Gasteiger partial charge in [-0.25, -0.2) is 0 Å². The molecule has 1 aliphatic heterocycles. The molecule has 1 heterocycles. The van der Waals surface area contributed by atoms with Gasteiger partial charge in [-0.05, 0) is 6.92 Å². The van der Waals surface area contributed by atoms with Gasteiger partial charge < -0.3 is 15.2 Å². The summed E-state index contributed by atoms with van der Waals surface area (Å²) >= 11 is 0. The summed E-state index contributed by atoms with van der Waals surface area (Å²) in [5.74, 6) is 0. The van der Waals surface area contributed by atoms with Gasteiger partial charge >= 0.3 is 0 Å². The molecule has 1 saturated heterocycles. The quantitative estimate of drug-likeness (QED) is 0.657. The molecule has 0 spiro atoms. The summed E-state index contributed by atoms with van der Waals surface area (Å²) in [4.78, 5) is 2.28. The second-order valence-electron chi connectivity index (χ2n) is 3.74. The minimum absolute atomic E-state index is 0.198. The van der Waals surface area contributed by atoms with Gasteiger partial charge in [0.15, 0.2) is 0 Å². The zero-order valence-electron chi connectivity index (χ0n) is 8.69. The van der Waals surface area contributed by atoms with Gasteiger partial charge in [-0.3, -0.25) is 4.90 Å². The van der Waals surface area contributed by atoms with E-state index in [0.717, 1.165) is 19.6 Å². The Hall–Kier alpha value is -0.160. The lowest BCUT2D eigenvalue weighted by molar-refractivity contribution is -0.00461. The van der Waals surface area contributed by atoms with Crippen molar-refractivity contribution < 1.29 is 9.47 Å². The molecule has 1 aliphatic rings. The van der Waals surface area contributed by atoms with Gasteiger partial charge in [0, 0.05) is 39.9 Å². The summed E-state index contributed by atoms with van der Waals surface area (Å²) in [6.45, 7) is 4.79. The van der Waals surface area contributed by atoms with E-state index in [1.807, 2.05) is 6.92 Å². The first kappa shape index (κ1) is 10.9. The van der Waals surface area contributed by atoms with Crippen molar-refractivity contribution >= 4 is 0 Å². The van der Waals surface area contributed by atoms with Gasteiger partial charge in [0.25, 0.3) is 0 Å². The van der Waals surface area contributed by atoms with Gasteiger partial charge in [0.05, 0.1) is 12.2 Å². The molecule has 2 N–H and O–H groups in total. The Balaban J connectivity index is 2.38. The number of ether oxygens (including phenoxy) is 2. The molecule has 3 atom stereocenters. The lowest BCUT2D eigenvalue weighted by Crippen LogP contribution is -2.34. The number of hydrogen-bond donors (Lipinski definition) is 1. The predicted octanol–water partition coefficient (Wildman–Crippen LogP) is -0.321. The van der Waals surface area contributed by atoms with E-state index in [1.165, 1.54) is 0 Å². The molecule has 4 nitrogen and oxygen atoms in total. The first-order valence-corrected chi connectivity index (χ1v) is 4.71. The van der Waals surface area contributed by atoms with E-state index < -0.39 is 0 Å². The van der Waals surface area contributed by atoms with Crippen molar-refractivity contribution in [3.05, 3.63) is 0 Å². The lowest BCUT2D eigenvalue weighted by atomic mass is 10.3. The van der Waals surface area contributed by atoms with Gasteiger partial charge in [0.1, 0.15) is 0 Å². The van der Waals surface area contributed by atoms with Crippen molar-refractivity contribution in [3.8, 4) is 0 Å². The summed E-state index contributed by atoms with van der Waals surface area (Å²) < 4.78 is 10.6. The van der Waals surface area contributed by atoms with Crippen LogP contribution in [0.1, 0.15) is 6.92 Å². The predicted molar refractivity (Wildman–Crippen MR) is 51.7 cm³/mol. The van der Waals surface area contributed by atoms with Crippen LogP contribution in [0.5, 0.6) is 0 Å². The Morgan fingerprint density at radius 3 is 2.08 bits per heavy atom. The minimum Gasteiger partial charge on any atom is -0.377 e. The average Bonchev–Trinajstić information content (AvgIpc) is 2.45. The van der Waals surface area contributed by atoms with E-state index >= 15 is 0 Å². The Kier molecular flexibility index (Phi) is 4.12. The van der Waals surface area contributed by atoms with Crippen molar-refractivity contribution in [1.29, 1.82) is 0 Å². The molecule has 0 aromatic rings. The third-order valence-electron chi connectivity index (χ3n) is 2.44. The van der Waals surface area contributed by atoms with E-state index in [1.54, 1.807) is 14.2 Å². The van der Waals surface area contributed by atoms with Crippen molar-refractivity contribution in [2.24, 2.45) is 5.73 Å². The summed E-state index contributed by atoms with van der Waals surface area (Å²) in [7, 11) is 3.46. The van der Waals surface area contributed by atoms with Crippen LogP contribution in [0.4, 0.5) is 0 Å². The van der Waals surface area contributed by atoms with E-state index in [0.29, 0.717) is 0 Å². The van der Waals surface area contributed by atoms with Crippen LogP contribution in [0.3, 0.4) is 0 Å². The van der Waals surface area contributed by atoms with E-state index in [4.69, 9.17) is 15.2 Å². The third-order valence-corrected chi connectivity index (χ3v) is 2.44. The highest BCUT2D eigenvalue weighted by molar-refractivity contribution is 4.86. The minimum atomic E-state index is 0.198. The SMILES string of the molecule is COC1CN(C[C@@H](C)N)CC1OC. The monoisotopic (exact) mass is 188 g/mol. The number of nitrogens with zero attached hydrogens (tertiary/aromatic N) is 1. The highest BCUT2D eigenvalue weighted by atomic mass is 16.5. The first-order valence-electron chi connectivity index (χ1n) is 4.71. The zero-order chi connectivity index (χ0) is 9.84. The van der Waals surface area contributed by atoms with Crippen molar-refractivity contribution in [2.45, 2.75) is 25.2 Å². The molecule has 78 valence electrons. The number of rotatable bonds is 4. The fraction of sp³-hybridized carbons (Fsp3) is 1.00. The number of likely N-dealkylation sites (tertiary alicyclic amines) is 1. The molecule has 2 unspecified atom stereocenters. The highest BCUT2D eigenvalue weighted by Gasteiger charge is 2.32. The van der Waals surface area contributed by atoms with Crippen LogP contribution in [0.25, 0.3) is 0 Å². The second kappa shape index (κ2) is 4.91. The van der Waals surface area contributed by atoms with E-state index in [-0.39, 0.29) is 18.2 Å². The molecule has 1 rings (SSSR count). The molecule has 0 aromatic heterocycles. The second-order valence-corrected chi connectivity index (χ2v) is 3.74. The number of methoxy groups -OCH3 is 2. The van der Waals surface area contributed by atoms with Crippen LogP contribution in [0.2, 0.25) is 0 Å². The van der Waals surface area contributed by atoms with E-state index in [9.17, 15) is 0 Å². The molecule has 0 radical (unpaired) electrons. The smallest absolute Gasteiger partial charge is 0.0971 e. The maximum Gasteiger partial charge on any atom is 0.0971 e. The zero-order valence-corrected chi connectivity index (χ0v) is 8.69. The standard InChI is InChI=1S/C9H20N2O2/c1-7(10)4-11-5-8(12-2)9(6-11)13-3/h7-9H,4-6,10H2,1-3H3/t7-,8?,9?/m1/s1. The Labute approximate surface area is 80.0 Å². The summed E-state index contributed by atoms with van der Waals surface area (Å²) in [6, 6.07) is 0.216. The average molecular weight is 188 g/mol. The molecule has 13 heavy (non-hydrogen) atoms. The molecular formula is C9H20N2O2. The fourth-order valence-electron chi connectivity index (χ4n) is 1.83. The molecule has 0 aromatic carbocycles. The number of nitrogens with two attached hydrogens (primary N) is 1. The third kappa shape index (κ3) is 2.91. The lowest BCUT2D eigenvalue weighted by Gasteiger charge is -2.17. The molecule has 0 amide bonds. The van der Waals surface area contributed by atoms with Gasteiger partial charge in [-0.15, -0.1) is 0 Å². The molecule has 0 saturated carbocycles. The molecular weight excluding hydrogens is 168 g/mol. The van der Waals surface area contributed by atoms with Gasteiger partial charge in [-0.1, -0.05) is 0 Å². The highest BCUT2D eigenvalue weighted by Crippen LogP contribution is 2.15. The van der Waals surface area contributed by atoms with Crippen LogP contribution in [-0.4, -0.2) is 57.0 Å². The molecule has 4 heteroatoms. The van der Waals surface area contributed by atoms with E-state index in [2.05, 4.69) is 4.90 Å². The Morgan fingerprint density at radius 1 is 1.31 bits per heavy atom. The van der Waals surface area contributed by atoms with Crippen molar-refractivity contribution in [3.63, 3.8) is 0 Å². The Bertz CT molecular complexity index is 141. The maximum absolute atomic E-state index is 5.72. The summed E-state index contributed by atoms with van der Waals surface area (Å²) in [5, 5.41) is 0. The normalized spacial score (nSPS) is 32.3. The van der Waals surface area contributed by atoms with Crippen LogP contribution < -0.4 is 5.73 Å². The van der Waals surface area contributed by atoms with Crippen LogP contribution >= 0.6 is 0 Å².